The van der Waals surface area contributed by atoms with Crippen molar-refractivity contribution in [3.8, 4) is 0 Å². The first-order chi connectivity index (χ1) is 6.74. The van der Waals surface area contributed by atoms with E-state index in [2.05, 4.69) is 45.0 Å². The first-order valence-electron chi connectivity index (χ1n) is 3.24. The van der Waals surface area contributed by atoms with E-state index >= 15 is 0 Å². The molecule has 0 spiro atoms. The molecule has 0 fully saturated rings. The molecule has 0 radical (unpaired) electrons. The molecule has 0 unspecified atom stereocenters. The van der Waals surface area contributed by atoms with Gasteiger partial charge in [0.25, 0.3) is 0 Å². The second-order valence-corrected chi connectivity index (χ2v) is 6.18. The van der Waals surface area contributed by atoms with Crippen LogP contribution >= 0.6 is 55.3 Å². The fourth-order valence-electron chi connectivity index (χ4n) is 0.847. The summed E-state index contributed by atoms with van der Waals surface area (Å²) in [6.45, 7) is 0. The van der Waals surface area contributed by atoms with Crippen LogP contribution in [0, 0.1) is 0 Å². The molecule has 0 amide bonds. The maximum absolute atomic E-state index is 5.29. The Kier molecular flexibility index (Phi) is 3.55. The minimum absolute atomic E-state index is 0.796. The maximum atomic E-state index is 5.29. The summed E-state index contributed by atoms with van der Waals surface area (Å²) in [4.78, 5) is 0. The van der Waals surface area contributed by atoms with Crippen LogP contribution in [0.5, 0.6) is 0 Å². The Morgan fingerprint density at radius 1 is 1.29 bits per heavy atom. The molecule has 2 N–H and O–H groups in total. The monoisotopic (exact) mass is 372 g/mol. The third kappa shape index (κ3) is 1.89. The van der Waals surface area contributed by atoms with E-state index in [1.54, 1.807) is 0 Å². The van der Waals surface area contributed by atoms with Gasteiger partial charge >= 0.3 is 0 Å². The van der Waals surface area contributed by atoms with Crippen molar-refractivity contribution >= 4 is 78.1 Å². The molecule has 1 aromatic rings. The Labute approximate surface area is 108 Å². The molecule has 1 aliphatic rings. The highest BCUT2D eigenvalue weighted by molar-refractivity contribution is 9.11. The molecular formula is C5H2Br2N4S3. The van der Waals surface area contributed by atoms with Gasteiger partial charge in [0, 0.05) is 0 Å². The predicted molar refractivity (Wildman–Crippen MR) is 68.6 cm³/mol. The van der Waals surface area contributed by atoms with Crippen LogP contribution in [0.1, 0.15) is 0 Å². The number of nitrogens with two attached hydrogens (primary N) is 1. The predicted octanol–water partition coefficient (Wildman–Crippen LogP) is 3.42. The Bertz CT molecular complexity index is 516. The molecule has 74 valence electrons. The van der Waals surface area contributed by atoms with Crippen molar-refractivity contribution in [2.45, 2.75) is 0 Å². The molecule has 0 saturated carbocycles. The molecule has 0 atom stereocenters. The number of fused-ring (bicyclic) bond motifs is 1. The Hall–Kier alpha value is 0.460. The van der Waals surface area contributed by atoms with E-state index in [1.165, 1.54) is 22.7 Å². The van der Waals surface area contributed by atoms with Crippen molar-refractivity contribution in [2.24, 2.45) is 18.3 Å². The zero-order chi connectivity index (χ0) is 10.1. The molecule has 9 heteroatoms. The second-order valence-electron chi connectivity index (χ2n) is 2.15. The second kappa shape index (κ2) is 4.54. The Balaban J connectivity index is 2.77. The van der Waals surface area contributed by atoms with Gasteiger partial charge in [-0.1, -0.05) is 0 Å². The Morgan fingerprint density at radius 3 is 2.71 bits per heavy atom. The summed E-state index contributed by atoms with van der Waals surface area (Å²) in [6, 6.07) is 0. The van der Waals surface area contributed by atoms with Crippen LogP contribution in [0.2, 0.25) is 0 Å². The lowest BCUT2D eigenvalue weighted by atomic mass is 10.4. The maximum Gasteiger partial charge on any atom is 0.143 e. The van der Waals surface area contributed by atoms with Crippen molar-refractivity contribution in [3.05, 3.63) is 12.9 Å². The zero-order valence-corrected chi connectivity index (χ0v) is 12.0. The molecule has 14 heavy (non-hydrogen) atoms. The van der Waals surface area contributed by atoms with E-state index in [9.17, 15) is 0 Å². The topological polar surface area (TPSA) is 63.1 Å². The van der Waals surface area contributed by atoms with E-state index in [0.29, 0.717) is 0 Å². The minimum atomic E-state index is 0.796. The first kappa shape index (κ1) is 11.0. The van der Waals surface area contributed by atoms with Gasteiger partial charge in [-0.25, -0.2) is 0 Å². The summed E-state index contributed by atoms with van der Waals surface area (Å²) in [5.74, 6) is 0. The van der Waals surface area contributed by atoms with Crippen LogP contribution in [-0.2, 0) is 11.4 Å². The molecule has 0 aromatic carbocycles. The highest BCUT2D eigenvalue weighted by atomic mass is 79.9. The summed E-state index contributed by atoms with van der Waals surface area (Å²) < 4.78 is 15.0. The van der Waals surface area contributed by atoms with Gasteiger partial charge in [0.05, 0.1) is 28.0 Å². The lowest BCUT2D eigenvalue weighted by Gasteiger charge is -1.99. The number of rotatable bonds is 1. The van der Waals surface area contributed by atoms with Crippen LogP contribution in [0.25, 0.3) is 0 Å². The van der Waals surface area contributed by atoms with Crippen molar-refractivity contribution in [1.82, 2.24) is 0 Å². The van der Waals surface area contributed by atoms with Crippen molar-refractivity contribution in [3.63, 3.8) is 0 Å². The summed E-state index contributed by atoms with van der Waals surface area (Å²) in [5.41, 5.74) is 1.67. The van der Waals surface area contributed by atoms with Crippen LogP contribution in [0.3, 0.4) is 0 Å². The average molecular weight is 374 g/mol. The smallest absolute Gasteiger partial charge is 0.143 e. The largest absolute Gasteiger partial charge is 0.258 e. The van der Waals surface area contributed by atoms with Crippen molar-refractivity contribution in [2.75, 3.05) is 0 Å². The standard InChI is InChI=1S/C5H2Br2N4S3/c6-1-2-3(10-14-9-2)4(7)12-5(1)11-13-8/h8H2/b11-5-. The van der Waals surface area contributed by atoms with Crippen molar-refractivity contribution in [1.29, 1.82) is 0 Å². The fourth-order valence-corrected chi connectivity index (χ4v) is 4.22. The minimum Gasteiger partial charge on any atom is -0.258 e. The lowest BCUT2D eigenvalue weighted by Crippen LogP contribution is -1.98. The van der Waals surface area contributed by atoms with Gasteiger partial charge in [0.1, 0.15) is 19.8 Å². The van der Waals surface area contributed by atoms with Gasteiger partial charge in [-0.05, 0) is 31.9 Å². The molecule has 1 aromatic heterocycles. The quantitative estimate of drug-likeness (QED) is 0.778. The van der Waals surface area contributed by atoms with Gasteiger partial charge in [0.2, 0.25) is 0 Å². The van der Waals surface area contributed by atoms with Gasteiger partial charge < -0.3 is 0 Å². The summed E-state index contributed by atoms with van der Waals surface area (Å²) in [6.07, 6.45) is 0. The summed E-state index contributed by atoms with van der Waals surface area (Å²) in [5, 5.41) is 5.29. The average Bonchev–Trinajstić information content (AvgIpc) is 2.63. The molecule has 2 heterocycles. The van der Waals surface area contributed by atoms with E-state index in [1.807, 2.05) is 0 Å². The third-order valence-corrected chi connectivity index (χ3v) is 5.06. The zero-order valence-electron chi connectivity index (χ0n) is 6.40. The van der Waals surface area contributed by atoms with Gasteiger partial charge in [-0.15, -0.1) is 11.3 Å². The van der Waals surface area contributed by atoms with E-state index in [-0.39, 0.29) is 0 Å². The fraction of sp³-hybridized carbons (Fsp3) is 0. The van der Waals surface area contributed by atoms with Crippen molar-refractivity contribution < 1.29 is 0 Å². The van der Waals surface area contributed by atoms with Gasteiger partial charge in [-0.3, -0.25) is 5.14 Å². The van der Waals surface area contributed by atoms with Crippen LogP contribution in [0.4, 0.5) is 11.4 Å². The molecule has 0 saturated heterocycles. The molecule has 4 nitrogen and oxygen atoms in total. The molecular weight excluding hydrogens is 372 g/mol. The van der Waals surface area contributed by atoms with Crippen LogP contribution in [0.15, 0.2) is 21.4 Å². The lowest BCUT2D eigenvalue weighted by molar-refractivity contribution is 1.47. The van der Waals surface area contributed by atoms with Crippen LogP contribution < -0.4 is 9.81 Å². The van der Waals surface area contributed by atoms with Gasteiger partial charge in [0.15, 0.2) is 0 Å². The first-order valence-corrected chi connectivity index (χ1v) is 7.21. The summed E-state index contributed by atoms with van der Waals surface area (Å²) in [7, 11) is 0. The van der Waals surface area contributed by atoms with E-state index in [0.717, 1.165) is 36.4 Å². The highest BCUT2D eigenvalue weighted by Gasteiger charge is 2.15. The molecule has 2 rings (SSSR count). The van der Waals surface area contributed by atoms with Gasteiger partial charge in [-0.2, -0.15) is 13.1 Å². The third-order valence-electron chi connectivity index (χ3n) is 1.39. The SMILES string of the molecule is NS/N=c1\sc(Br)c2c(c1Br)N=S=N2. The normalized spacial score (nSPS) is 14.4. The number of hydrogen-bond donors (Lipinski definition) is 1. The number of nitrogens with zero attached hydrogens (tertiary/aromatic N) is 3. The van der Waals surface area contributed by atoms with Crippen LogP contribution in [-0.4, -0.2) is 0 Å². The molecule has 1 aliphatic heterocycles. The van der Waals surface area contributed by atoms with E-state index in [4.69, 9.17) is 5.14 Å². The molecule has 0 aliphatic carbocycles. The highest BCUT2D eigenvalue weighted by Crippen LogP contribution is 2.43. The summed E-state index contributed by atoms with van der Waals surface area (Å²) >= 11 is 10.4. The number of hydrogen-bond acceptors (Lipinski definition) is 6. The number of halogens is 2. The van der Waals surface area contributed by atoms with E-state index < -0.39 is 0 Å². The Morgan fingerprint density at radius 2 is 2.00 bits per heavy atom. The molecule has 0 bridgehead atoms.